The zero-order valence-electron chi connectivity index (χ0n) is 17.4. The molecule has 2 atom stereocenters. The topological polar surface area (TPSA) is 133 Å². The second-order valence-corrected chi connectivity index (χ2v) is 9.53. The third kappa shape index (κ3) is 5.79. The van der Waals surface area contributed by atoms with Crippen LogP contribution in [0, 0.1) is 11.8 Å². The third-order valence-electron chi connectivity index (χ3n) is 5.41. The maximum Gasteiger partial charge on any atom is 0.326 e. The monoisotopic (exact) mass is 439 g/mol. The van der Waals surface area contributed by atoms with E-state index in [4.69, 9.17) is 0 Å². The van der Waals surface area contributed by atoms with E-state index in [1.54, 1.807) is 6.92 Å². The number of carbonyl (C=O) groups is 3. The van der Waals surface area contributed by atoms with Crippen LogP contribution < -0.4 is 10.6 Å². The van der Waals surface area contributed by atoms with Crippen molar-refractivity contribution >= 4 is 33.5 Å². The second-order valence-electron chi connectivity index (χ2n) is 7.59. The Labute approximate surface area is 176 Å². The minimum absolute atomic E-state index is 0.113. The van der Waals surface area contributed by atoms with E-state index in [9.17, 15) is 27.9 Å². The summed E-state index contributed by atoms with van der Waals surface area (Å²) in [5.41, 5.74) is 0.506. The van der Waals surface area contributed by atoms with Gasteiger partial charge in [-0.05, 0) is 43.0 Å². The first-order valence-electron chi connectivity index (χ1n) is 9.97. The number of carboxylic acids is 1. The van der Waals surface area contributed by atoms with Gasteiger partial charge in [0.25, 0.3) is 0 Å². The summed E-state index contributed by atoms with van der Waals surface area (Å²) in [5.74, 6) is -2.29. The number of sulfonamides is 1. The van der Waals surface area contributed by atoms with Gasteiger partial charge in [-0.25, -0.2) is 13.2 Å². The van der Waals surface area contributed by atoms with Crippen LogP contribution in [-0.2, 0) is 24.4 Å². The molecule has 2 rings (SSSR count). The minimum Gasteiger partial charge on any atom is -0.480 e. The van der Waals surface area contributed by atoms with E-state index in [0.717, 1.165) is 0 Å². The molecule has 30 heavy (non-hydrogen) atoms. The molecule has 1 fully saturated rings. The first kappa shape index (κ1) is 23.8. The average Bonchev–Trinajstić information content (AvgIpc) is 2.71. The van der Waals surface area contributed by atoms with Crippen LogP contribution in [0.25, 0.3) is 0 Å². The van der Waals surface area contributed by atoms with Crippen LogP contribution in [0.2, 0.25) is 0 Å². The number of rotatable bonds is 8. The summed E-state index contributed by atoms with van der Waals surface area (Å²) >= 11 is 0. The summed E-state index contributed by atoms with van der Waals surface area (Å²) in [7, 11) is -3.72. The molecule has 0 radical (unpaired) electrons. The van der Waals surface area contributed by atoms with E-state index in [2.05, 4.69) is 10.6 Å². The van der Waals surface area contributed by atoms with Crippen molar-refractivity contribution in [3.05, 3.63) is 24.3 Å². The van der Waals surface area contributed by atoms with Crippen LogP contribution in [0.1, 0.15) is 40.0 Å². The van der Waals surface area contributed by atoms with E-state index in [0.29, 0.717) is 24.9 Å². The fourth-order valence-corrected chi connectivity index (χ4v) is 4.84. The fourth-order valence-electron chi connectivity index (χ4n) is 3.38. The Morgan fingerprint density at radius 2 is 1.73 bits per heavy atom. The second kappa shape index (κ2) is 10.0. The van der Waals surface area contributed by atoms with Gasteiger partial charge in [-0.1, -0.05) is 20.3 Å². The lowest BCUT2D eigenvalue weighted by atomic mass is 9.94. The van der Waals surface area contributed by atoms with Gasteiger partial charge >= 0.3 is 5.97 Å². The van der Waals surface area contributed by atoms with Crippen molar-refractivity contribution in [2.24, 2.45) is 11.8 Å². The molecule has 10 heteroatoms. The Bertz CT molecular complexity index is 876. The van der Waals surface area contributed by atoms with Crippen LogP contribution in [0.5, 0.6) is 0 Å². The van der Waals surface area contributed by atoms with Crippen molar-refractivity contribution in [2.75, 3.05) is 18.4 Å². The van der Waals surface area contributed by atoms with Crippen molar-refractivity contribution in [3.8, 4) is 0 Å². The summed E-state index contributed by atoms with van der Waals surface area (Å²) in [6, 6.07) is 4.96. The molecule has 1 saturated heterocycles. The normalized spacial score (nSPS) is 17.7. The van der Waals surface area contributed by atoms with E-state index >= 15 is 0 Å². The van der Waals surface area contributed by atoms with Gasteiger partial charge in [0.15, 0.2) is 0 Å². The highest BCUT2D eigenvalue weighted by Crippen LogP contribution is 2.25. The SMILES string of the molecule is CC[C@@H](C)[C@H](NC(=O)C1CCN(S(=O)(=O)c2ccc(NC(C)=O)cc2)CC1)C(=O)O. The van der Waals surface area contributed by atoms with Crippen LogP contribution >= 0.6 is 0 Å². The molecule has 1 aliphatic heterocycles. The Morgan fingerprint density at radius 1 is 1.17 bits per heavy atom. The molecule has 1 aromatic rings. The highest BCUT2D eigenvalue weighted by molar-refractivity contribution is 7.89. The van der Waals surface area contributed by atoms with Gasteiger partial charge in [-0.2, -0.15) is 4.31 Å². The molecule has 0 saturated carbocycles. The number of carboxylic acid groups (broad SMARTS) is 1. The Morgan fingerprint density at radius 3 is 2.20 bits per heavy atom. The van der Waals surface area contributed by atoms with E-state index in [1.807, 2.05) is 6.92 Å². The predicted octanol–water partition coefficient (Wildman–Crippen LogP) is 1.66. The first-order chi connectivity index (χ1) is 14.1. The minimum atomic E-state index is -3.72. The molecule has 9 nitrogen and oxygen atoms in total. The Balaban J connectivity index is 1.99. The largest absolute Gasteiger partial charge is 0.480 e. The molecule has 1 aromatic carbocycles. The van der Waals surface area contributed by atoms with Crippen LogP contribution in [0.3, 0.4) is 0 Å². The number of carbonyl (C=O) groups excluding carboxylic acids is 2. The lowest BCUT2D eigenvalue weighted by molar-refractivity contribution is -0.144. The molecule has 166 valence electrons. The average molecular weight is 440 g/mol. The number of benzene rings is 1. The zero-order valence-corrected chi connectivity index (χ0v) is 18.2. The lowest BCUT2D eigenvalue weighted by Gasteiger charge is -2.31. The van der Waals surface area contributed by atoms with Crippen LogP contribution in [0.4, 0.5) is 5.69 Å². The van der Waals surface area contributed by atoms with Crippen molar-refractivity contribution in [2.45, 2.75) is 51.0 Å². The Kier molecular flexibility index (Phi) is 7.96. The molecule has 0 aliphatic carbocycles. The molecule has 1 heterocycles. The summed E-state index contributed by atoms with van der Waals surface area (Å²) in [4.78, 5) is 35.1. The fraction of sp³-hybridized carbons (Fsp3) is 0.550. The molecule has 1 aliphatic rings. The third-order valence-corrected chi connectivity index (χ3v) is 7.33. The highest BCUT2D eigenvalue weighted by atomic mass is 32.2. The molecule has 0 spiro atoms. The number of nitrogens with zero attached hydrogens (tertiary/aromatic N) is 1. The lowest BCUT2D eigenvalue weighted by Crippen LogP contribution is -2.49. The van der Waals surface area contributed by atoms with Gasteiger partial charge in [-0.15, -0.1) is 0 Å². The maximum absolute atomic E-state index is 12.9. The summed E-state index contributed by atoms with van der Waals surface area (Å²) < 4.78 is 27.0. The van der Waals surface area contributed by atoms with Crippen molar-refractivity contribution < 1.29 is 27.9 Å². The quantitative estimate of drug-likeness (QED) is 0.564. The number of aliphatic carboxylic acids is 1. The molecule has 0 aromatic heterocycles. The van der Waals surface area contributed by atoms with Gasteiger partial charge in [0, 0.05) is 31.6 Å². The van der Waals surface area contributed by atoms with Crippen molar-refractivity contribution in [3.63, 3.8) is 0 Å². The van der Waals surface area contributed by atoms with Gasteiger partial charge in [0.2, 0.25) is 21.8 Å². The number of nitrogens with one attached hydrogen (secondary N) is 2. The molecule has 3 N–H and O–H groups in total. The molecule has 2 amide bonds. The van der Waals surface area contributed by atoms with Crippen molar-refractivity contribution in [1.82, 2.24) is 9.62 Å². The number of amides is 2. The number of piperidine rings is 1. The predicted molar refractivity (Wildman–Crippen MR) is 111 cm³/mol. The summed E-state index contributed by atoms with van der Waals surface area (Å²) in [6.07, 6.45) is 1.26. The number of anilines is 1. The number of hydrogen-bond donors (Lipinski definition) is 3. The summed E-state index contributed by atoms with van der Waals surface area (Å²) in [6.45, 7) is 5.35. The number of hydrogen-bond acceptors (Lipinski definition) is 5. The van der Waals surface area contributed by atoms with Gasteiger partial charge in [0.05, 0.1) is 4.90 Å². The molecule has 0 bridgehead atoms. The van der Waals surface area contributed by atoms with E-state index in [-0.39, 0.29) is 35.7 Å². The summed E-state index contributed by atoms with van der Waals surface area (Å²) in [5, 5.41) is 14.5. The van der Waals surface area contributed by atoms with E-state index < -0.39 is 28.0 Å². The smallest absolute Gasteiger partial charge is 0.326 e. The van der Waals surface area contributed by atoms with E-state index in [1.165, 1.54) is 35.5 Å². The van der Waals surface area contributed by atoms with Crippen LogP contribution in [-0.4, -0.2) is 54.7 Å². The molecular weight excluding hydrogens is 410 g/mol. The first-order valence-corrected chi connectivity index (χ1v) is 11.4. The maximum atomic E-state index is 12.9. The highest BCUT2D eigenvalue weighted by Gasteiger charge is 2.34. The van der Waals surface area contributed by atoms with Gasteiger partial charge < -0.3 is 15.7 Å². The Hall–Kier alpha value is -2.46. The standard InChI is InChI=1S/C20H29N3O6S/c1-4-13(2)18(20(26)27)22-19(25)15-9-11-23(12-10-15)30(28,29)17-7-5-16(6-8-17)21-14(3)24/h5-8,13,15,18H,4,9-12H2,1-3H3,(H,21,24)(H,22,25)(H,26,27)/t13-,18+/m1/s1. The van der Waals surface area contributed by atoms with Gasteiger partial charge in [-0.3, -0.25) is 9.59 Å². The zero-order chi connectivity index (χ0) is 22.5. The molecule has 0 unspecified atom stereocenters. The van der Waals surface area contributed by atoms with Crippen molar-refractivity contribution in [1.29, 1.82) is 0 Å². The van der Waals surface area contributed by atoms with Crippen LogP contribution in [0.15, 0.2) is 29.2 Å². The molecular formula is C20H29N3O6S. The van der Waals surface area contributed by atoms with Gasteiger partial charge in [0.1, 0.15) is 6.04 Å².